The molecule has 4 N–H and O–H groups in total. The summed E-state index contributed by atoms with van der Waals surface area (Å²) >= 11 is 0. The molecule has 1 atom stereocenters. The predicted octanol–water partition coefficient (Wildman–Crippen LogP) is 1.58. The van der Waals surface area contributed by atoms with Crippen LogP contribution in [0.15, 0.2) is 44.9 Å². The second-order valence-corrected chi connectivity index (χ2v) is 5.10. The van der Waals surface area contributed by atoms with Crippen LogP contribution in [0.1, 0.15) is 22.8 Å². The molecule has 0 bridgehead atoms. The Balaban J connectivity index is 2.31. The first kappa shape index (κ1) is 14.5. The smallest absolute Gasteiger partial charge is 0.343 e. The Hall–Kier alpha value is -3.40. The highest BCUT2D eigenvalue weighted by atomic mass is 16.5. The lowest BCUT2D eigenvalue weighted by atomic mass is 9.84. The van der Waals surface area contributed by atoms with Gasteiger partial charge in [0.25, 0.3) is 0 Å². The fraction of sp³-hybridized carbons (Fsp3) is 0.125. The first-order chi connectivity index (χ1) is 10.9. The van der Waals surface area contributed by atoms with Gasteiger partial charge in [-0.25, -0.2) is 4.79 Å². The van der Waals surface area contributed by atoms with Gasteiger partial charge in [0.1, 0.15) is 23.2 Å². The topological polar surface area (TPSA) is 130 Å². The van der Waals surface area contributed by atoms with Gasteiger partial charge in [0, 0.05) is 6.07 Å². The largest absolute Gasteiger partial charge is 0.504 e. The molecule has 1 aromatic carbocycles. The maximum Gasteiger partial charge on any atom is 0.343 e. The van der Waals surface area contributed by atoms with Gasteiger partial charge < -0.3 is 25.1 Å². The van der Waals surface area contributed by atoms with Crippen molar-refractivity contribution in [3.8, 4) is 23.3 Å². The number of nitrogens with zero attached hydrogens (tertiary/aromatic N) is 1. The molecule has 2 aromatic rings. The van der Waals surface area contributed by atoms with Gasteiger partial charge in [-0.2, -0.15) is 5.26 Å². The summed E-state index contributed by atoms with van der Waals surface area (Å²) in [5, 5.41) is 28.5. The Labute approximate surface area is 130 Å². The minimum Gasteiger partial charge on any atom is -0.504 e. The number of fused-ring (bicyclic) bond motifs is 1. The standard InChI is InChI=1S/C16H12N2O5/c1-7-4-12-14(16(21)22-7)13(9(6-17)15(18)23-12)8-2-3-10(19)11(20)5-8/h2-5,13,19-20H,18H2,1H3. The molecule has 116 valence electrons. The minimum atomic E-state index is -0.855. The summed E-state index contributed by atoms with van der Waals surface area (Å²) < 4.78 is 10.5. The van der Waals surface area contributed by atoms with Gasteiger partial charge in [0.2, 0.25) is 5.88 Å². The molecule has 7 heteroatoms. The zero-order chi connectivity index (χ0) is 16.7. The lowest BCUT2D eigenvalue weighted by molar-refractivity contribution is 0.371. The molecule has 7 nitrogen and oxygen atoms in total. The van der Waals surface area contributed by atoms with E-state index in [1.165, 1.54) is 24.3 Å². The SMILES string of the molecule is Cc1cc2c(c(=O)o1)C(c1ccc(O)c(O)c1)C(C#N)=C(N)O2. The van der Waals surface area contributed by atoms with E-state index in [4.69, 9.17) is 14.9 Å². The highest BCUT2D eigenvalue weighted by Gasteiger charge is 2.34. The lowest BCUT2D eigenvalue weighted by Gasteiger charge is -2.25. The van der Waals surface area contributed by atoms with E-state index in [1.54, 1.807) is 6.92 Å². The zero-order valence-corrected chi connectivity index (χ0v) is 12.0. The summed E-state index contributed by atoms with van der Waals surface area (Å²) in [4.78, 5) is 12.3. The third-order valence-electron chi connectivity index (χ3n) is 3.59. The van der Waals surface area contributed by atoms with E-state index in [0.29, 0.717) is 11.3 Å². The fourth-order valence-electron chi connectivity index (χ4n) is 2.57. The van der Waals surface area contributed by atoms with E-state index in [0.717, 1.165) is 0 Å². The normalized spacial score (nSPS) is 16.4. The molecule has 0 saturated carbocycles. The number of nitrogens with two attached hydrogens (primary N) is 1. The number of aromatic hydroxyl groups is 2. The Bertz CT molecular complexity index is 936. The molecule has 1 aliphatic rings. The highest BCUT2D eigenvalue weighted by molar-refractivity contribution is 5.56. The zero-order valence-electron chi connectivity index (χ0n) is 12.0. The van der Waals surface area contributed by atoms with Crippen LogP contribution in [0, 0.1) is 18.3 Å². The average molecular weight is 312 g/mol. The van der Waals surface area contributed by atoms with Crippen molar-refractivity contribution in [2.24, 2.45) is 5.73 Å². The van der Waals surface area contributed by atoms with Crippen molar-refractivity contribution < 1.29 is 19.4 Å². The number of hydrogen-bond donors (Lipinski definition) is 3. The average Bonchev–Trinajstić information content (AvgIpc) is 2.48. The van der Waals surface area contributed by atoms with Crippen molar-refractivity contribution in [1.29, 1.82) is 5.26 Å². The summed E-state index contributed by atoms with van der Waals surface area (Å²) in [5.41, 5.74) is 5.68. The third-order valence-corrected chi connectivity index (χ3v) is 3.59. The van der Waals surface area contributed by atoms with E-state index < -0.39 is 11.5 Å². The summed E-state index contributed by atoms with van der Waals surface area (Å²) in [5.74, 6) is -1.12. The van der Waals surface area contributed by atoms with Gasteiger partial charge in [0.15, 0.2) is 11.5 Å². The molecule has 0 radical (unpaired) electrons. The monoisotopic (exact) mass is 312 g/mol. The molecule has 1 unspecified atom stereocenters. The second kappa shape index (κ2) is 5.10. The van der Waals surface area contributed by atoms with Crippen molar-refractivity contribution >= 4 is 0 Å². The Morgan fingerprint density at radius 2 is 2.00 bits per heavy atom. The van der Waals surface area contributed by atoms with Crippen molar-refractivity contribution in [2.45, 2.75) is 12.8 Å². The van der Waals surface area contributed by atoms with Gasteiger partial charge in [0.05, 0.1) is 11.5 Å². The van der Waals surface area contributed by atoms with Gasteiger partial charge in [-0.1, -0.05) is 6.07 Å². The Kier molecular flexibility index (Phi) is 3.22. The Morgan fingerprint density at radius 1 is 1.26 bits per heavy atom. The first-order valence-electron chi connectivity index (χ1n) is 6.66. The second-order valence-electron chi connectivity index (χ2n) is 5.10. The number of hydrogen-bond acceptors (Lipinski definition) is 7. The molecule has 0 saturated heterocycles. The van der Waals surface area contributed by atoms with E-state index in [1.807, 2.05) is 6.07 Å². The maximum absolute atomic E-state index is 12.3. The number of rotatable bonds is 1. The van der Waals surface area contributed by atoms with E-state index >= 15 is 0 Å². The van der Waals surface area contributed by atoms with Crippen LogP contribution < -0.4 is 16.1 Å². The fourth-order valence-corrected chi connectivity index (χ4v) is 2.57. The van der Waals surface area contributed by atoms with Gasteiger partial charge >= 0.3 is 5.63 Å². The lowest BCUT2D eigenvalue weighted by Crippen LogP contribution is -2.26. The summed E-state index contributed by atoms with van der Waals surface area (Å²) in [7, 11) is 0. The molecule has 1 aromatic heterocycles. The van der Waals surface area contributed by atoms with Crippen molar-refractivity contribution in [2.75, 3.05) is 0 Å². The molecule has 3 rings (SSSR count). The van der Waals surface area contributed by atoms with Crippen molar-refractivity contribution in [3.05, 3.63) is 63.0 Å². The molecule has 0 spiro atoms. The quantitative estimate of drug-likeness (QED) is 0.681. The first-order valence-corrected chi connectivity index (χ1v) is 6.66. The molecular weight excluding hydrogens is 300 g/mol. The number of aryl methyl sites for hydroxylation is 1. The molecule has 2 heterocycles. The number of allylic oxidation sites excluding steroid dienone is 1. The maximum atomic E-state index is 12.3. The molecule has 1 aliphatic heterocycles. The van der Waals surface area contributed by atoms with E-state index in [2.05, 4.69) is 0 Å². The minimum absolute atomic E-state index is 0.0266. The number of benzene rings is 1. The van der Waals surface area contributed by atoms with E-state index in [-0.39, 0.29) is 34.3 Å². The molecule has 0 aliphatic carbocycles. The Morgan fingerprint density at radius 3 is 2.65 bits per heavy atom. The number of nitriles is 1. The van der Waals surface area contributed by atoms with Crippen LogP contribution in [0.5, 0.6) is 17.2 Å². The number of ether oxygens (including phenoxy) is 1. The van der Waals surface area contributed by atoms with Crippen LogP contribution in [0.4, 0.5) is 0 Å². The van der Waals surface area contributed by atoms with Gasteiger partial charge in [-0.3, -0.25) is 0 Å². The van der Waals surface area contributed by atoms with Crippen molar-refractivity contribution in [3.63, 3.8) is 0 Å². The number of phenols is 2. The van der Waals surface area contributed by atoms with Crippen LogP contribution in [0.3, 0.4) is 0 Å². The molecule has 23 heavy (non-hydrogen) atoms. The molecular formula is C16H12N2O5. The van der Waals surface area contributed by atoms with Crippen LogP contribution in [0.25, 0.3) is 0 Å². The van der Waals surface area contributed by atoms with Crippen LogP contribution in [0.2, 0.25) is 0 Å². The molecule has 0 fully saturated rings. The highest BCUT2D eigenvalue weighted by Crippen LogP contribution is 2.42. The van der Waals surface area contributed by atoms with Gasteiger partial charge in [-0.05, 0) is 24.6 Å². The van der Waals surface area contributed by atoms with Crippen LogP contribution in [-0.2, 0) is 0 Å². The molecule has 0 amide bonds. The van der Waals surface area contributed by atoms with E-state index in [9.17, 15) is 20.3 Å². The van der Waals surface area contributed by atoms with Gasteiger partial charge in [-0.15, -0.1) is 0 Å². The number of phenolic OH excluding ortho intramolecular Hbond substituents is 2. The van der Waals surface area contributed by atoms with Crippen LogP contribution >= 0.6 is 0 Å². The summed E-state index contributed by atoms with van der Waals surface area (Å²) in [6, 6.07) is 7.44. The van der Waals surface area contributed by atoms with Crippen LogP contribution in [-0.4, -0.2) is 10.2 Å². The summed E-state index contributed by atoms with van der Waals surface area (Å²) in [6.07, 6.45) is 0. The third kappa shape index (κ3) is 2.26. The van der Waals surface area contributed by atoms with Crippen molar-refractivity contribution in [1.82, 2.24) is 0 Å². The predicted molar refractivity (Wildman–Crippen MR) is 78.8 cm³/mol. The summed E-state index contributed by atoms with van der Waals surface area (Å²) in [6.45, 7) is 1.59.